The average Bonchev–Trinajstić information content (AvgIpc) is 2.93. The van der Waals surface area contributed by atoms with E-state index in [0.717, 1.165) is 36.7 Å². The molecule has 0 amide bonds. The molecule has 4 nitrogen and oxygen atoms in total. The second-order valence-corrected chi connectivity index (χ2v) is 6.62. The molecule has 0 atom stereocenters. The first-order valence-electron chi connectivity index (χ1n) is 6.99. The Labute approximate surface area is 135 Å². The van der Waals surface area contributed by atoms with Gasteiger partial charge in [-0.2, -0.15) is 0 Å². The molecule has 0 spiro atoms. The summed E-state index contributed by atoms with van der Waals surface area (Å²) in [6, 6.07) is 2.04. The van der Waals surface area contributed by atoms with Gasteiger partial charge in [0.1, 0.15) is 5.82 Å². The third kappa shape index (κ3) is 4.95. The fourth-order valence-electron chi connectivity index (χ4n) is 1.95. The van der Waals surface area contributed by atoms with Gasteiger partial charge in [0.15, 0.2) is 0 Å². The van der Waals surface area contributed by atoms with Gasteiger partial charge in [0, 0.05) is 25.2 Å². The Bertz CT molecular complexity index is 557. The number of nitrogens with one attached hydrogen (secondary N) is 1. The van der Waals surface area contributed by atoms with Crippen molar-refractivity contribution in [2.45, 2.75) is 26.9 Å². The van der Waals surface area contributed by atoms with Gasteiger partial charge in [0.2, 0.25) is 0 Å². The molecule has 0 aliphatic rings. The maximum Gasteiger partial charge on any atom is 0.128 e. The van der Waals surface area contributed by atoms with E-state index in [1.165, 1.54) is 0 Å². The Morgan fingerprint density at radius 2 is 2.19 bits per heavy atom. The van der Waals surface area contributed by atoms with Gasteiger partial charge in [-0.1, -0.05) is 25.4 Å². The zero-order valence-electron chi connectivity index (χ0n) is 12.6. The van der Waals surface area contributed by atoms with Gasteiger partial charge in [0.05, 0.1) is 22.8 Å². The summed E-state index contributed by atoms with van der Waals surface area (Å²) in [6.07, 6.45) is 1.72. The van der Waals surface area contributed by atoms with Crippen molar-refractivity contribution in [1.29, 1.82) is 0 Å². The molecule has 0 saturated carbocycles. The summed E-state index contributed by atoms with van der Waals surface area (Å²) in [5, 5.41) is 6.17. The number of rotatable bonds is 7. The monoisotopic (exact) mass is 324 g/mol. The van der Waals surface area contributed by atoms with Crippen LogP contribution in [0.25, 0.3) is 0 Å². The first-order valence-corrected chi connectivity index (χ1v) is 8.31. The van der Waals surface area contributed by atoms with Crippen LogP contribution in [0.3, 0.4) is 0 Å². The molecular weight excluding hydrogens is 304 g/mol. The van der Waals surface area contributed by atoms with Crippen molar-refractivity contribution in [3.05, 3.63) is 39.4 Å². The standard InChI is InChI=1S/C15H21ClN4S/c1-11(2)5-17-6-12-4-15(18-7-14(12)16)20(3)8-13-9-21-10-19-13/h4,7,9-11,17H,5-6,8H2,1-3H3. The van der Waals surface area contributed by atoms with Crippen molar-refractivity contribution in [1.82, 2.24) is 15.3 Å². The van der Waals surface area contributed by atoms with E-state index >= 15 is 0 Å². The normalized spacial score (nSPS) is 11.1. The number of halogens is 1. The molecule has 2 aromatic rings. The number of pyridine rings is 1. The molecule has 0 aromatic carbocycles. The largest absolute Gasteiger partial charge is 0.354 e. The van der Waals surface area contributed by atoms with Crippen LogP contribution >= 0.6 is 22.9 Å². The predicted octanol–water partition coefficient (Wildman–Crippen LogP) is 3.57. The van der Waals surface area contributed by atoms with E-state index in [2.05, 4.69) is 39.4 Å². The average molecular weight is 325 g/mol. The van der Waals surface area contributed by atoms with Crippen molar-refractivity contribution < 1.29 is 0 Å². The molecule has 114 valence electrons. The third-order valence-electron chi connectivity index (χ3n) is 3.06. The summed E-state index contributed by atoms with van der Waals surface area (Å²) in [7, 11) is 2.01. The van der Waals surface area contributed by atoms with E-state index in [1.807, 2.05) is 18.6 Å². The maximum absolute atomic E-state index is 6.23. The molecule has 0 saturated heterocycles. The minimum Gasteiger partial charge on any atom is -0.354 e. The zero-order chi connectivity index (χ0) is 15.2. The molecule has 2 rings (SSSR count). The summed E-state index contributed by atoms with van der Waals surface area (Å²) in [4.78, 5) is 10.8. The molecule has 21 heavy (non-hydrogen) atoms. The van der Waals surface area contributed by atoms with Crippen LogP contribution in [0.15, 0.2) is 23.2 Å². The van der Waals surface area contributed by atoms with Crippen LogP contribution in [0.2, 0.25) is 5.02 Å². The minimum absolute atomic E-state index is 0.623. The van der Waals surface area contributed by atoms with Crippen molar-refractivity contribution in [2.24, 2.45) is 5.92 Å². The van der Waals surface area contributed by atoms with Crippen LogP contribution in [0.1, 0.15) is 25.1 Å². The fourth-order valence-corrected chi connectivity index (χ4v) is 2.67. The lowest BCUT2D eigenvalue weighted by Crippen LogP contribution is -2.21. The van der Waals surface area contributed by atoms with Gasteiger partial charge >= 0.3 is 0 Å². The Balaban J connectivity index is 2.03. The van der Waals surface area contributed by atoms with Crippen LogP contribution in [-0.4, -0.2) is 23.6 Å². The number of hydrogen-bond donors (Lipinski definition) is 1. The lowest BCUT2D eigenvalue weighted by molar-refractivity contribution is 0.552. The molecule has 0 radical (unpaired) electrons. The number of thiazole rings is 1. The molecule has 1 N–H and O–H groups in total. The van der Waals surface area contributed by atoms with E-state index in [-0.39, 0.29) is 0 Å². The highest BCUT2D eigenvalue weighted by molar-refractivity contribution is 7.07. The number of aromatic nitrogens is 2. The van der Waals surface area contributed by atoms with Crippen LogP contribution in [0, 0.1) is 5.92 Å². The molecule has 0 aliphatic heterocycles. The van der Waals surface area contributed by atoms with Crippen LogP contribution in [0.4, 0.5) is 5.82 Å². The molecule has 0 bridgehead atoms. The highest BCUT2D eigenvalue weighted by Crippen LogP contribution is 2.21. The van der Waals surface area contributed by atoms with Crippen molar-refractivity contribution in [3.63, 3.8) is 0 Å². The van der Waals surface area contributed by atoms with Gasteiger partial charge < -0.3 is 10.2 Å². The second kappa shape index (κ2) is 7.73. The smallest absolute Gasteiger partial charge is 0.128 e. The topological polar surface area (TPSA) is 41.0 Å². The minimum atomic E-state index is 0.623. The van der Waals surface area contributed by atoms with Gasteiger partial charge in [-0.15, -0.1) is 11.3 Å². The van der Waals surface area contributed by atoms with Crippen molar-refractivity contribution in [3.8, 4) is 0 Å². The fraction of sp³-hybridized carbons (Fsp3) is 0.467. The SMILES string of the molecule is CC(C)CNCc1cc(N(C)Cc2cscn2)ncc1Cl. The van der Waals surface area contributed by atoms with Gasteiger partial charge in [0.25, 0.3) is 0 Å². The van der Waals surface area contributed by atoms with E-state index in [4.69, 9.17) is 11.6 Å². The highest BCUT2D eigenvalue weighted by atomic mass is 35.5. The maximum atomic E-state index is 6.23. The summed E-state index contributed by atoms with van der Waals surface area (Å²) < 4.78 is 0. The number of anilines is 1. The molecule has 2 aromatic heterocycles. The Morgan fingerprint density at radius 1 is 1.38 bits per heavy atom. The van der Waals surface area contributed by atoms with Gasteiger partial charge in [-0.3, -0.25) is 0 Å². The van der Waals surface area contributed by atoms with E-state index < -0.39 is 0 Å². The quantitative estimate of drug-likeness (QED) is 0.845. The molecule has 2 heterocycles. The molecule has 6 heteroatoms. The molecular formula is C15H21ClN4S. The first-order chi connectivity index (χ1) is 10.1. The van der Waals surface area contributed by atoms with E-state index in [9.17, 15) is 0 Å². The zero-order valence-corrected chi connectivity index (χ0v) is 14.2. The van der Waals surface area contributed by atoms with Crippen molar-refractivity contribution in [2.75, 3.05) is 18.5 Å². The van der Waals surface area contributed by atoms with E-state index in [0.29, 0.717) is 10.9 Å². The predicted molar refractivity (Wildman–Crippen MR) is 90.0 cm³/mol. The summed E-state index contributed by atoms with van der Waals surface area (Å²) in [5.41, 5.74) is 3.98. The van der Waals surface area contributed by atoms with Gasteiger partial charge in [-0.25, -0.2) is 9.97 Å². The van der Waals surface area contributed by atoms with Crippen molar-refractivity contribution >= 4 is 28.8 Å². The summed E-state index contributed by atoms with van der Waals surface area (Å²) in [5.74, 6) is 1.53. The Hall–Kier alpha value is -1.17. The van der Waals surface area contributed by atoms with Crippen LogP contribution in [0.5, 0.6) is 0 Å². The Morgan fingerprint density at radius 3 is 2.86 bits per heavy atom. The summed E-state index contributed by atoms with van der Waals surface area (Å²) >= 11 is 7.83. The second-order valence-electron chi connectivity index (χ2n) is 5.49. The number of hydrogen-bond acceptors (Lipinski definition) is 5. The van der Waals surface area contributed by atoms with E-state index in [1.54, 1.807) is 17.5 Å². The molecule has 0 fully saturated rings. The molecule has 0 aliphatic carbocycles. The van der Waals surface area contributed by atoms with Gasteiger partial charge in [-0.05, 0) is 24.1 Å². The van der Waals surface area contributed by atoms with Crippen LogP contribution in [-0.2, 0) is 13.1 Å². The Kier molecular flexibility index (Phi) is 5.96. The summed E-state index contributed by atoms with van der Waals surface area (Å²) in [6.45, 7) is 6.86. The van der Waals surface area contributed by atoms with Crippen LogP contribution < -0.4 is 10.2 Å². The first kappa shape index (κ1) is 16.2. The molecule has 0 unspecified atom stereocenters. The lowest BCUT2D eigenvalue weighted by atomic mass is 10.2. The lowest BCUT2D eigenvalue weighted by Gasteiger charge is -2.18. The highest BCUT2D eigenvalue weighted by Gasteiger charge is 2.09. The third-order valence-corrected chi connectivity index (χ3v) is 4.04. The number of nitrogens with zero attached hydrogens (tertiary/aromatic N) is 3.